The van der Waals surface area contributed by atoms with Crippen molar-refractivity contribution < 1.29 is 10.0 Å². The maximum atomic E-state index is 9.08. The SMILES string of the molecule is Brc1ccc2c(c1)c1cc(Br)ccc1n2-c1ccccc1.Brc1ccc2c(c1)c1cc(Br)ccc1n2-c1ccccc1.C.ClCCl.OB(O)c1cccc2ccccc12.[B]P[N+]#[C-].c1ccc(-n2c3ccc(-c4cccc5ccccc45)cc3c3cc(-c4cccc5ccccc45)ccc32)cc1.c1ccc(-n2c3ccccc3c3ccccc32)cc1. The fraction of sp³-hybridized carbons (Fsp3) is 0.0190. The van der Waals surface area contributed by atoms with E-state index in [-0.39, 0.29) is 21.4 Å². The van der Waals surface area contributed by atoms with Crippen LogP contribution < -0.4 is 5.46 Å². The first-order valence-corrected chi connectivity index (χ1v) is 44.0. The zero-order valence-electron chi connectivity index (χ0n) is 64.4. The van der Waals surface area contributed by atoms with Gasteiger partial charge in [0.2, 0.25) is 7.57 Å². The molecular formula is C105H76B2Br4Cl2N5O2P. The maximum absolute atomic E-state index is 9.08. The van der Waals surface area contributed by atoms with Crippen molar-refractivity contribution in [2.45, 2.75) is 7.43 Å². The normalized spacial score (nSPS) is 10.9. The van der Waals surface area contributed by atoms with Crippen LogP contribution in [0.5, 0.6) is 0 Å². The standard InChI is InChI=1S/C38H25N.2C18H11Br2N.C18H13N.C10H9BO2.CHBNP.CH2Cl2.CH4/c1-2-14-30(15-3-1)39-37-22-20-28(33-18-8-12-26-10-4-6-16-31(26)33)24-35(37)36-25-29(21-23-38(36)39)34-19-9-13-27-11-5-7-17-32(27)34;2*19-12-6-8-17-15(10-12)16-11-13(20)7-9-18(16)21(17)14-4-2-1-3-5-14;1-2-8-14(9-3-1)19-17-12-6-4-10-15(17)16-11-5-7-13-18(16)19;12-11(13)10-7-3-5-8-4-1-2-6-9(8)10;1-3-4-2;2-1-3;/h1-25H;2*1-11H;1-13H;1-7,12-13H;4H;1H2;1H4. The largest absolute Gasteiger partial charge is 0.489 e. The van der Waals surface area contributed by atoms with Gasteiger partial charge in [0.15, 0.2) is 8.61 Å². The van der Waals surface area contributed by atoms with E-state index < -0.39 is 7.12 Å². The third-order valence-corrected chi connectivity index (χ3v) is 23.3. The number of aromatic nitrogens is 4. The Kier molecular flexibility index (Phi) is 27.4. The summed E-state index contributed by atoms with van der Waals surface area (Å²) in [4.78, 5) is 0. The van der Waals surface area contributed by atoms with Crippen LogP contribution in [0.4, 0.5) is 0 Å². The van der Waals surface area contributed by atoms with Gasteiger partial charge >= 0.3 is 7.12 Å². The third kappa shape index (κ3) is 18.1. The maximum Gasteiger partial charge on any atom is 0.489 e. The second kappa shape index (κ2) is 39.3. The van der Waals surface area contributed by atoms with E-state index >= 15 is 0 Å². The van der Waals surface area contributed by atoms with Gasteiger partial charge in [-0.15, -0.1) is 23.2 Å². The van der Waals surface area contributed by atoms with Crippen LogP contribution in [0.3, 0.4) is 0 Å². The van der Waals surface area contributed by atoms with E-state index in [1.54, 1.807) is 6.07 Å². The van der Waals surface area contributed by atoms with Crippen LogP contribution >= 0.6 is 95.5 Å². The lowest BCUT2D eigenvalue weighted by atomic mass is 9.77. The summed E-state index contributed by atoms with van der Waals surface area (Å²) in [6.45, 7) is 5.96. The molecular weight excluding hydrogens is 1810 g/mol. The van der Waals surface area contributed by atoms with Crippen molar-refractivity contribution in [1.82, 2.24) is 18.3 Å². The molecule has 22 rings (SSSR count). The molecule has 4 aromatic heterocycles. The fourth-order valence-corrected chi connectivity index (χ4v) is 17.5. The Balaban J connectivity index is 0.000000121. The van der Waals surface area contributed by atoms with Gasteiger partial charge in [0.05, 0.1) is 49.5 Å². The van der Waals surface area contributed by atoms with E-state index in [0.29, 0.717) is 5.46 Å². The van der Waals surface area contributed by atoms with E-state index in [0.717, 1.165) is 28.7 Å². The number of rotatable bonds is 7. The number of hydrogen-bond acceptors (Lipinski definition) is 2. The van der Waals surface area contributed by atoms with Gasteiger partial charge in [-0.3, -0.25) is 0 Å². The molecule has 16 heteroatoms. The lowest BCUT2D eigenvalue weighted by Crippen LogP contribution is -2.30. The van der Waals surface area contributed by atoms with Gasteiger partial charge in [-0.2, -0.15) is 0 Å². The lowest BCUT2D eigenvalue weighted by molar-refractivity contribution is 0.426. The molecule has 1 atom stereocenters. The number of para-hydroxylation sites is 6. The topological polar surface area (TPSA) is 64.5 Å². The van der Waals surface area contributed by atoms with Gasteiger partial charge in [0, 0.05) is 83.7 Å². The van der Waals surface area contributed by atoms with Crippen molar-refractivity contribution >= 4 is 235 Å². The predicted molar refractivity (Wildman–Crippen MR) is 538 cm³/mol. The van der Waals surface area contributed by atoms with Crippen molar-refractivity contribution in [3.63, 3.8) is 0 Å². The second-order valence-electron chi connectivity index (χ2n) is 28.2. The minimum absolute atomic E-state index is 0. The summed E-state index contributed by atoms with van der Waals surface area (Å²) >= 11 is 23.9. The number of nitrogens with zero attached hydrogens (tertiary/aromatic N) is 5. The van der Waals surface area contributed by atoms with Crippen LogP contribution in [-0.4, -0.2) is 48.3 Å². The summed E-state index contributed by atoms with van der Waals surface area (Å²) in [5.74, 6) is 0. The van der Waals surface area contributed by atoms with Crippen molar-refractivity contribution in [1.29, 1.82) is 0 Å². The molecule has 0 aliphatic carbocycles. The first-order valence-electron chi connectivity index (χ1n) is 38.7. The van der Waals surface area contributed by atoms with Crippen LogP contribution in [0, 0.1) is 6.57 Å². The molecule has 586 valence electrons. The Morgan fingerprint density at radius 2 is 0.512 bits per heavy atom. The molecule has 1 unspecified atom stereocenters. The van der Waals surface area contributed by atoms with Crippen molar-refractivity contribution in [3.05, 3.63) is 436 Å². The Morgan fingerprint density at radius 1 is 0.281 bits per heavy atom. The summed E-state index contributed by atoms with van der Waals surface area (Å²) in [6, 6.07) is 143. The van der Waals surface area contributed by atoms with E-state index in [1.165, 1.54) is 154 Å². The molecule has 0 saturated heterocycles. The summed E-state index contributed by atoms with van der Waals surface area (Å²) in [7, 11) is 3.24. The molecule has 0 aliphatic rings. The Morgan fingerprint density at radius 3 is 0.818 bits per heavy atom. The van der Waals surface area contributed by atoms with Gasteiger partial charge in [-0.05, 0) is 218 Å². The van der Waals surface area contributed by atoms with Crippen LogP contribution in [-0.2, 0) is 0 Å². The molecule has 0 aliphatic heterocycles. The zero-order valence-corrected chi connectivity index (χ0v) is 73.3. The second-order valence-corrected chi connectivity index (χ2v) is 33.1. The van der Waals surface area contributed by atoms with Crippen LogP contribution in [0.1, 0.15) is 7.43 Å². The highest BCUT2D eigenvalue weighted by Crippen LogP contribution is 2.42. The lowest BCUT2D eigenvalue weighted by Gasteiger charge is -2.10. The zero-order chi connectivity index (χ0) is 82.6. The number of fused-ring (bicyclic) bond motifs is 15. The van der Waals surface area contributed by atoms with Crippen molar-refractivity contribution in [3.8, 4) is 45.0 Å². The van der Waals surface area contributed by atoms with Gasteiger partial charge in [0.1, 0.15) is 0 Å². The molecule has 0 amide bonds. The van der Waals surface area contributed by atoms with E-state index in [2.05, 4.69) is 438 Å². The summed E-state index contributed by atoms with van der Waals surface area (Å²) in [6.07, 6.45) is 0. The highest BCUT2D eigenvalue weighted by atomic mass is 79.9. The number of halogens is 6. The van der Waals surface area contributed by atoms with Crippen molar-refractivity contribution in [2.75, 3.05) is 5.34 Å². The number of hydrogen-bond donors (Lipinski definition) is 2. The molecule has 22 aromatic rings. The van der Waals surface area contributed by atoms with Crippen molar-refractivity contribution in [2.24, 2.45) is 0 Å². The summed E-state index contributed by atoms with van der Waals surface area (Å²) in [5.41, 5.74) is 20.1. The molecule has 18 aromatic carbocycles. The quantitative estimate of drug-likeness (QED) is 0.0723. The minimum atomic E-state index is -1.40. The fourth-order valence-electron chi connectivity index (χ4n) is 16.1. The van der Waals surface area contributed by atoms with Crippen LogP contribution in [0.25, 0.3) is 169 Å². The molecule has 0 bridgehead atoms. The average molecular weight is 1880 g/mol. The first kappa shape index (κ1) is 84.4. The van der Waals surface area contributed by atoms with E-state index in [1.807, 2.05) is 48.5 Å². The van der Waals surface area contributed by atoms with Gasteiger partial charge in [0.25, 0.3) is 0 Å². The molecule has 0 saturated carbocycles. The molecule has 121 heavy (non-hydrogen) atoms. The predicted octanol–water partition coefficient (Wildman–Crippen LogP) is 31.0. The Hall–Kier alpha value is -11.6. The monoisotopic (exact) mass is 1880 g/mol. The molecule has 0 fully saturated rings. The molecule has 2 N–H and O–H groups in total. The Labute approximate surface area is 750 Å². The highest BCUT2D eigenvalue weighted by Gasteiger charge is 2.20. The summed E-state index contributed by atoms with van der Waals surface area (Å²) < 4.78 is 16.5. The van der Waals surface area contributed by atoms with Crippen LogP contribution in [0.2, 0.25) is 0 Å². The molecule has 2 radical (unpaired) electrons. The van der Waals surface area contributed by atoms with Gasteiger partial charge in [-0.25, -0.2) is 6.57 Å². The highest BCUT2D eigenvalue weighted by molar-refractivity contribution is 9.11. The molecule has 4 heterocycles. The third-order valence-electron chi connectivity index (χ3n) is 21.1. The number of benzene rings is 18. The molecule has 7 nitrogen and oxygen atoms in total. The minimum Gasteiger partial charge on any atom is -0.423 e. The average Bonchev–Trinajstić information content (AvgIpc) is 1.39. The van der Waals surface area contributed by atoms with Gasteiger partial charge in [-0.1, -0.05) is 320 Å². The summed E-state index contributed by atoms with van der Waals surface area (Å²) in [5, 5.41) is 35.5. The van der Waals surface area contributed by atoms with Crippen LogP contribution in [0.15, 0.2) is 424 Å². The number of alkyl halides is 2. The van der Waals surface area contributed by atoms with Gasteiger partial charge < -0.3 is 32.9 Å². The first-order chi connectivity index (χ1) is 58.9. The Bertz CT molecular complexity index is 6990. The molecule has 0 spiro atoms. The van der Waals surface area contributed by atoms with E-state index in [9.17, 15) is 0 Å². The smallest absolute Gasteiger partial charge is 0.423 e. The van der Waals surface area contributed by atoms with E-state index in [4.69, 9.17) is 47.4 Å².